The van der Waals surface area contributed by atoms with E-state index in [1.165, 1.54) is 59.6 Å². The van der Waals surface area contributed by atoms with Crippen LogP contribution in [0, 0.1) is 0 Å². The molecule has 0 bridgehead atoms. The highest BCUT2D eigenvalue weighted by Crippen LogP contribution is 2.48. The maximum atomic E-state index is 6.70. The summed E-state index contributed by atoms with van der Waals surface area (Å²) in [4.78, 5) is 10.5. The van der Waals surface area contributed by atoms with E-state index >= 15 is 0 Å². The van der Waals surface area contributed by atoms with Crippen LogP contribution in [0.25, 0.3) is 110 Å². The number of fused-ring (bicyclic) bond motifs is 14. The number of benzene rings is 7. The predicted molar refractivity (Wildman–Crippen MR) is 201 cm³/mol. The van der Waals surface area contributed by atoms with Gasteiger partial charge >= 0.3 is 0 Å². The molecule has 226 valence electrons. The van der Waals surface area contributed by atoms with Crippen molar-refractivity contribution >= 4 is 92.7 Å². The minimum Gasteiger partial charge on any atom is -0.450 e. The highest BCUT2D eigenvalue weighted by atomic mass is 16.3. The van der Waals surface area contributed by atoms with Crippen LogP contribution in [0.15, 0.2) is 150 Å². The average molecular weight is 625 g/mol. The standard InChI is InChI=1S/C44H24N4O/c1-2-12-25(13-3-1)43-45-40-30-18-8-11-21-37(30)49-42(40)44(46-43)48-35-23-27-15-5-4-14-26(27)22-32(35)38-36(48)24-31-28-16-6-9-19-33(28)47-34-20-10-7-17-29(34)39(38)41(31)47/h1-24H. The van der Waals surface area contributed by atoms with Gasteiger partial charge in [-0.3, -0.25) is 4.57 Å². The first kappa shape index (κ1) is 25.4. The summed E-state index contributed by atoms with van der Waals surface area (Å²) >= 11 is 0. The van der Waals surface area contributed by atoms with Gasteiger partial charge in [0.2, 0.25) is 0 Å². The number of furan rings is 1. The zero-order valence-electron chi connectivity index (χ0n) is 26.1. The maximum Gasteiger partial charge on any atom is 0.197 e. The molecule has 0 amide bonds. The van der Waals surface area contributed by atoms with Crippen molar-refractivity contribution in [3.63, 3.8) is 0 Å². The summed E-state index contributed by atoms with van der Waals surface area (Å²) in [5, 5.41) is 10.7. The highest BCUT2D eigenvalue weighted by Gasteiger charge is 2.27. The van der Waals surface area contributed by atoms with E-state index in [9.17, 15) is 0 Å². The van der Waals surface area contributed by atoms with Crippen LogP contribution in [0.5, 0.6) is 0 Å². The van der Waals surface area contributed by atoms with E-state index in [2.05, 4.69) is 118 Å². The average Bonchev–Trinajstić information content (AvgIpc) is 3.89. The van der Waals surface area contributed by atoms with Gasteiger partial charge in [0.15, 0.2) is 17.2 Å². The van der Waals surface area contributed by atoms with Crippen molar-refractivity contribution in [2.75, 3.05) is 0 Å². The Morgan fingerprint density at radius 3 is 1.98 bits per heavy atom. The first-order chi connectivity index (χ1) is 24.3. The largest absolute Gasteiger partial charge is 0.450 e. The van der Waals surface area contributed by atoms with Crippen LogP contribution in [0.2, 0.25) is 0 Å². The van der Waals surface area contributed by atoms with Gasteiger partial charge in [-0.2, -0.15) is 0 Å². The SMILES string of the molecule is c1ccc(-c2nc(-n3c4cc5ccccc5cc4c4c5c6ccccc6n6c7ccccc7c(cc43)c56)c3oc4ccccc4c3n2)cc1. The van der Waals surface area contributed by atoms with Crippen molar-refractivity contribution in [2.24, 2.45) is 0 Å². The van der Waals surface area contributed by atoms with Crippen LogP contribution in [0.4, 0.5) is 0 Å². The van der Waals surface area contributed by atoms with Gasteiger partial charge in [0.25, 0.3) is 0 Å². The maximum absolute atomic E-state index is 6.70. The third-order valence-corrected chi connectivity index (χ3v) is 10.4. The molecule has 0 saturated carbocycles. The molecule has 0 spiro atoms. The van der Waals surface area contributed by atoms with E-state index in [0.717, 1.165) is 38.9 Å². The number of para-hydroxylation sites is 3. The number of hydrogen-bond acceptors (Lipinski definition) is 3. The van der Waals surface area contributed by atoms with Crippen molar-refractivity contribution in [1.29, 1.82) is 0 Å². The Hall–Kier alpha value is -6.72. The Bertz CT molecular complexity index is 3330. The molecule has 0 radical (unpaired) electrons. The van der Waals surface area contributed by atoms with E-state index in [-0.39, 0.29) is 0 Å². The first-order valence-electron chi connectivity index (χ1n) is 16.6. The summed E-state index contributed by atoms with van der Waals surface area (Å²) in [7, 11) is 0. The molecule has 49 heavy (non-hydrogen) atoms. The van der Waals surface area contributed by atoms with Gasteiger partial charge in [-0.05, 0) is 53.2 Å². The third-order valence-electron chi connectivity index (χ3n) is 10.4. The van der Waals surface area contributed by atoms with Crippen LogP contribution in [-0.4, -0.2) is 18.9 Å². The zero-order chi connectivity index (χ0) is 31.8. The molecule has 7 aromatic carbocycles. The Labute approximate surface area is 278 Å². The van der Waals surface area contributed by atoms with Crippen molar-refractivity contribution < 1.29 is 4.42 Å². The second kappa shape index (κ2) is 9.00. The molecule has 0 saturated heterocycles. The molecule has 5 nitrogen and oxygen atoms in total. The topological polar surface area (TPSA) is 48.3 Å². The molecule has 5 heterocycles. The number of hydrogen-bond donors (Lipinski definition) is 0. The molecule has 12 rings (SSSR count). The first-order valence-corrected chi connectivity index (χ1v) is 16.6. The molecule has 0 unspecified atom stereocenters. The van der Waals surface area contributed by atoms with E-state index in [1.54, 1.807) is 0 Å². The van der Waals surface area contributed by atoms with Gasteiger partial charge < -0.3 is 8.82 Å². The lowest BCUT2D eigenvalue weighted by Crippen LogP contribution is -2.02. The molecule has 5 heteroatoms. The van der Waals surface area contributed by atoms with Crippen LogP contribution in [0.1, 0.15) is 0 Å². The summed E-state index contributed by atoms with van der Waals surface area (Å²) in [5.41, 5.74) is 9.09. The fourth-order valence-corrected chi connectivity index (χ4v) is 8.37. The van der Waals surface area contributed by atoms with Crippen LogP contribution in [0.3, 0.4) is 0 Å². The monoisotopic (exact) mass is 624 g/mol. The lowest BCUT2D eigenvalue weighted by Gasteiger charge is -2.10. The summed E-state index contributed by atoms with van der Waals surface area (Å²) < 4.78 is 11.5. The minimum atomic E-state index is 0.665. The summed E-state index contributed by atoms with van der Waals surface area (Å²) in [6, 6.07) is 51.6. The molecular weight excluding hydrogens is 601 g/mol. The van der Waals surface area contributed by atoms with Gasteiger partial charge in [0.05, 0.1) is 27.6 Å². The quantitative estimate of drug-likeness (QED) is 0.192. The third kappa shape index (κ3) is 3.19. The molecule has 0 fully saturated rings. The van der Waals surface area contributed by atoms with Crippen molar-refractivity contribution in [1.82, 2.24) is 18.9 Å². The number of rotatable bonds is 2. The summed E-state index contributed by atoms with van der Waals surface area (Å²) in [6.45, 7) is 0. The predicted octanol–water partition coefficient (Wildman–Crippen LogP) is 11.4. The highest BCUT2D eigenvalue weighted by molar-refractivity contribution is 6.36. The van der Waals surface area contributed by atoms with Crippen LogP contribution < -0.4 is 0 Å². The molecule has 0 N–H and O–H groups in total. The van der Waals surface area contributed by atoms with Crippen molar-refractivity contribution in [3.8, 4) is 17.2 Å². The Kier molecular flexibility index (Phi) is 4.66. The van der Waals surface area contributed by atoms with Crippen LogP contribution >= 0.6 is 0 Å². The second-order valence-electron chi connectivity index (χ2n) is 13.0. The molecule has 5 aromatic heterocycles. The minimum absolute atomic E-state index is 0.665. The molecule has 0 aliphatic heterocycles. The van der Waals surface area contributed by atoms with E-state index in [4.69, 9.17) is 14.4 Å². The van der Waals surface area contributed by atoms with Crippen molar-refractivity contribution in [2.45, 2.75) is 0 Å². The Morgan fingerprint density at radius 1 is 0.469 bits per heavy atom. The fraction of sp³-hybridized carbons (Fsp3) is 0. The van der Waals surface area contributed by atoms with Crippen LogP contribution in [-0.2, 0) is 0 Å². The van der Waals surface area contributed by atoms with E-state index < -0.39 is 0 Å². The molecule has 0 aliphatic carbocycles. The summed E-state index contributed by atoms with van der Waals surface area (Å²) in [6.07, 6.45) is 0. The van der Waals surface area contributed by atoms with Gasteiger partial charge in [0, 0.05) is 43.3 Å². The van der Waals surface area contributed by atoms with Crippen molar-refractivity contribution in [3.05, 3.63) is 146 Å². The molecule has 0 atom stereocenters. The smallest absolute Gasteiger partial charge is 0.197 e. The molecular formula is C44H24N4O. The fourth-order valence-electron chi connectivity index (χ4n) is 8.37. The lowest BCUT2D eigenvalue weighted by molar-refractivity contribution is 0.662. The van der Waals surface area contributed by atoms with Gasteiger partial charge in [0.1, 0.15) is 11.1 Å². The van der Waals surface area contributed by atoms with Gasteiger partial charge in [-0.1, -0.05) is 103 Å². The van der Waals surface area contributed by atoms with E-state index in [1.807, 2.05) is 36.4 Å². The number of aromatic nitrogens is 4. The summed E-state index contributed by atoms with van der Waals surface area (Å²) in [5.74, 6) is 1.40. The molecule has 12 aromatic rings. The lowest BCUT2D eigenvalue weighted by atomic mass is 10.0. The Balaban J connectivity index is 1.37. The number of nitrogens with zero attached hydrogens (tertiary/aromatic N) is 4. The van der Waals surface area contributed by atoms with Gasteiger partial charge in [-0.15, -0.1) is 0 Å². The normalized spacial score (nSPS) is 12.5. The van der Waals surface area contributed by atoms with Gasteiger partial charge in [-0.25, -0.2) is 9.97 Å². The zero-order valence-corrected chi connectivity index (χ0v) is 26.1. The van der Waals surface area contributed by atoms with E-state index in [0.29, 0.717) is 11.4 Å². The molecule has 0 aliphatic rings. The Morgan fingerprint density at radius 2 is 1.14 bits per heavy atom. The second-order valence-corrected chi connectivity index (χ2v) is 13.0.